The highest BCUT2D eigenvalue weighted by atomic mass is 16.1. The van der Waals surface area contributed by atoms with E-state index in [4.69, 9.17) is 5.73 Å². The topological polar surface area (TPSA) is 60.4 Å². The minimum absolute atomic E-state index is 0.0186. The lowest BCUT2D eigenvalue weighted by Crippen LogP contribution is -2.17. The summed E-state index contributed by atoms with van der Waals surface area (Å²) in [6, 6.07) is 4.05. The number of primary amides is 1. The third kappa shape index (κ3) is 1.79. The largest absolute Gasteiger partial charge is 0.364 e. The van der Waals surface area contributed by atoms with Crippen LogP contribution in [0.4, 0.5) is 0 Å². The Morgan fingerprint density at radius 3 is 2.53 bits per heavy atom. The monoisotopic (exact) mass is 231 g/mol. The Bertz CT molecular complexity index is 590. The van der Waals surface area contributed by atoms with Crippen molar-refractivity contribution in [2.45, 2.75) is 33.1 Å². The fourth-order valence-corrected chi connectivity index (χ4v) is 2.01. The van der Waals surface area contributed by atoms with Gasteiger partial charge in [0.15, 0.2) is 0 Å². The quantitative estimate of drug-likeness (QED) is 0.816. The van der Waals surface area contributed by atoms with Crippen molar-refractivity contribution in [1.29, 1.82) is 0 Å². The summed E-state index contributed by atoms with van der Waals surface area (Å²) in [4.78, 5) is 15.7. The van der Waals surface area contributed by atoms with E-state index in [-0.39, 0.29) is 5.41 Å². The summed E-state index contributed by atoms with van der Waals surface area (Å²) >= 11 is 0. The summed E-state index contributed by atoms with van der Waals surface area (Å²) in [7, 11) is 0. The highest BCUT2D eigenvalue weighted by Gasteiger charge is 2.21. The number of aryl methyl sites for hydroxylation is 1. The van der Waals surface area contributed by atoms with E-state index in [0.717, 1.165) is 16.9 Å². The smallest absolute Gasteiger partial charge is 0.267 e. The molecule has 0 atom stereocenters. The first kappa shape index (κ1) is 11.6. The molecule has 17 heavy (non-hydrogen) atoms. The highest BCUT2D eigenvalue weighted by Crippen LogP contribution is 2.27. The average molecular weight is 231 g/mol. The molecule has 2 rings (SSSR count). The molecule has 0 aliphatic carbocycles. The van der Waals surface area contributed by atoms with Gasteiger partial charge in [0.25, 0.3) is 5.91 Å². The first-order valence-corrected chi connectivity index (χ1v) is 5.59. The van der Waals surface area contributed by atoms with Crippen molar-refractivity contribution in [2.75, 3.05) is 0 Å². The number of nitrogens with two attached hydrogens (primary N) is 1. The number of amides is 1. The summed E-state index contributed by atoms with van der Waals surface area (Å²) in [6.45, 7) is 8.30. The molecule has 0 unspecified atom stereocenters. The Kier molecular flexibility index (Phi) is 2.45. The van der Waals surface area contributed by atoms with Crippen LogP contribution in [-0.2, 0) is 5.41 Å². The van der Waals surface area contributed by atoms with Crippen LogP contribution < -0.4 is 5.73 Å². The zero-order chi connectivity index (χ0) is 12.8. The molecule has 0 saturated carbocycles. The zero-order valence-electron chi connectivity index (χ0n) is 10.6. The van der Waals surface area contributed by atoms with Gasteiger partial charge in [0.1, 0.15) is 11.3 Å². The number of fused-ring (bicyclic) bond motifs is 1. The number of hydrogen-bond donors (Lipinski definition) is 1. The van der Waals surface area contributed by atoms with E-state index in [2.05, 4.69) is 31.8 Å². The van der Waals surface area contributed by atoms with Gasteiger partial charge in [-0.25, -0.2) is 4.98 Å². The molecule has 2 N–H and O–H groups in total. The lowest BCUT2D eigenvalue weighted by Gasteiger charge is -2.20. The van der Waals surface area contributed by atoms with Crippen LogP contribution in [0, 0.1) is 6.92 Å². The minimum Gasteiger partial charge on any atom is -0.364 e. The molecular weight excluding hydrogens is 214 g/mol. The van der Waals surface area contributed by atoms with Crippen LogP contribution in [0.25, 0.3) is 5.65 Å². The van der Waals surface area contributed by atoms with Crippen molar-refractivity contribution in [2.24, 2.45) is 5.73 Å². The Hall–Kier alpha value is -1.84. The van der Waals surface area contributed by atoms with Gasteiger partial charge in [0.05, 0.1) is 6.20 Å². The summed E-state index contributed by atoms with van der Waals surface area (Å²) in [5, 5.41) is 0. The van der Waals surface area contributed by atoms with E-state index in [1.165, 1.54) is 0 Å². The second-order valence-corrected chi connectivity index (χ2v) is 5.31. The Morgan fingerprint density at radius 2 is 2.00 bits per heavy atom. The first-order chi connectivity index (χ1) is 7.82. The summed E-state index contributed by atoms with van der Waals surface area (Å²) in [6.07, 6.45) is 1.54. The summed E-state index contributed by atoms with van der Waals surface area (Å²) < 4.78 is 1.82. The van der Waals surface area contributed by atoms with Gasteiger partial charge in [-0.3, -0.25) is 9.20 Å². The maximum absolute atomic E-state index is 11.4. The van der Waals surface area contributed by atoms with E-state index in [1.807, 2.05) is 17.4 Å². The van der Waals surface area contributed by atoms with E-state index < -0.39 is 5.91 Å². The number of nitrogens with zero attached hydrogens (tertiary/aromatic N) is 2. The zero-order valence-corrected chi connectivity index (χ0v) is 10.6. The van der Waals surface area contributed by atoms with Crippen molar-refractivity contribution in [3.63, 3.8) is 0 Å². The predicted molar refractivity (Wildman–Crippen MR) is 67.1 cm³/mol. The molecule has 4 nitrogen and oxygen atoms in total. The van der Waals surface area contributed by atoms with Crippen molar-refractivity contribution in [3.8, 4) is 0 Å². The molecule has 0 saturated heterocycles. The first-order valence-electron chi connectivity index (χ1n) is 5.59. The fourth-order valence-electron chi connectivity index (χ4n) is 2.01. The second kappa shape index (κ2) is 3.58. The molecule has 2 aromatic heterocycles. The van der Waals surface area contributed by atoms with Crippen LogP contribution in [0.15, 0.2) is 18.3 Å². The van der Waals surface area contributed by atoms with Crippen molar-refractivity contribution < 1.29 is 4.79 Å². The highest BCUT2D eigenvalue weighted by molar-refractivity contribution is 5.92. The number of carbonyl (C=O) groups is 1. The molecule has 0 radical (unpaired) electrons. The Morgan fingerprint density at radius 1 is 1.35 bits per heavy atom. The number of aromatic nitrogens is 2. The van der Waals surface area contributed by atoms with Crippen LogP contribution in [0.5, 0.6) is 0 Å². The molecule has 2 heterocycles. The molecular formula is C13H17N3O. The maximum Gasteiger partial charge on any atom is 0.267 e. The maximum atomic E-state index is 11.4. The normalized spacial score (nSPS) is 12.0. The number of carbonyl (C=O) groups excluding carboxylic acids is 1. The molecule has 0 aliphatic rings. The molecule has 0 spiro atoms. The third-order valence-corrected chi connectivity index (χ3v) is 2.91. The minimum atomic E-state index is -0.452. The number of imidazole rings is 1. The average Bonchev–Trinajstić information content (AvgIpc) is 2.60. The summed E-state index contributed by atoms with van der Waals surface area (Å²) in [5.74, 6) is -0.452. The van der Waals surface area contributed by atoms with Gasteiger partial charge in [-0.15, -0.1) is 0 Å². The molecule has 0 aromatic carbocycles. The van der Waals surface area contributed by atoms with E-state index in [1.54, 1.807) is 6.20 Å². The van der Waals surface area contributed by atoms with Crippen molar-refractivity contribution in [1.82, 2.24) is 9.38 Å². The number of rotatable bonds is 1. The van der Waals surface area contributed by atoms with E-state index >= 15 is 0 Å². The van der Waals surface area contributed by atoms with Gasteiger partial charge in [-0.05, 0) is 18.4 Å². The predicted octanol–water partition coefficient (Wildman–Crippen LogP) is 2.04. The molecule has 0 aliphatic heterocycles. The number of hydrogen-bond acceptors (Lipinski definition) is 2. The fraction of sp³-hybridized carbons (Fsp3) is 0.385. The van der Waals surface area contributed by atoms with Crippen molar-refractivity contribution >= 4 is 11.6 Å². The molecule has 0 bridgehead atoms. The van der Waals surface area contributed by atoms with Gasteiger partial charge in [0.2, 0.25) is 0 Å². The van der Waals surface area contributed by atoms with Crippen LogP contribution in [0.1, 0.15) is 42.5 Å². The van der Waals surface area contributed by atoms with Crippen LogP contribution >= 0.6 is 0 Å². The van der Waals surface area contributed by atoms with Gasteiger partial charge >= 0.3 is 0 Å². The third-order valence-electron chi connectivity index (χ3n) is 2.91. The molecule has 90 valence electrons. The van der Waals surface area contributed by atoms with Crippen LogP contribution in [0.2, 0.25) is 0 Å². The molecule has 4 heteroatoms. The number of pyridine rings is 1. The van der Waals surface area contributed by atoms with E-state index in [0.29, 0.717) is 5.69 Å². The van der Waals surface area contributed by atoms with Gasteiger partial charge in [-0.1, -0.05) is 26.8 Å². The standard InChI is InChI=1S/C13H17N3O/c1-8-5-6-9(13(2,3)4)12-15-7-10(11(14)17)16(8)12/h5-7H,1-4H3,(H2,14,17). The van der Waals surface area contributed by atoms with Crippen LogP contribution in [-0.4, -0.2) is 15.3 Å². The SMILES string of the molecule is Cc1ccc(C(C)(C)C)c2ncc(C(N)=O)n12. The van der Waals surface area contributed by atoms with Gasteiger partial charge in [0, 0.05) is 11.3 Å². The van der Waals surface area contributed by atoms with Gasteiger partial charge in [-0.2, -0.15) is 0 Å². The Balaban J connectivity index is 2.85. The van der Waals surface area contributed by atoms with Gasteiger partial charge < -0.3 is 5.73 Å². The lowest BCUT2D eigenvalue weighted by atomic mass is 9.87. The molecule has 2 aromatic rings. The molecule has 1 amide bonds. The second-order valence-electron chi connectivity index (χ2n) is 5.31. The lowest BCUT2D eigenvalue weighted by molar-refractivity contribution is 0.0994. The molecule has 0 fully saturated rings. The van der Waals surface area contributed by atoms with Crippen LogP contribution in [0.3, 0.4) is 0 Å². The summed E-state index contributed by atoms with van der Waals surface area (Å²) in [5.41, 5.74) is 8.64. The Labute approximate surface area is 100 Å². The van der Waals surface area contributed by atoms with E-state index in [9.17, 15) is 4.79 Å². The van der Waals surface area contributed by atoms with Crippen molar-refractivity contribution in [3.05, 3.63) is 35.3 Å².